The number of aromatic nitrogens is 1. The third kappa shape index (κ3) is 4.72. The minimum Gasteiger partial charge on any atom is -0.456 e. The lowest BCUT2D eigenvalue weighted by Crippen LogP contribution is -2.11. The van der Waals surface area contributed by atoms with E-state index in [-0.39, 0.29) is 5.91 Å². The lowest BCUT2D eigenvalue weighted by molar-refractivity contribution is 0.102. The monoisotopic (exact) mass is 372 g/mol. The summed E-state index contributed by atoms with van der Waals surface area (Å²) in [7, 11) is 0. The van der Waals surface area contributed by atoms with Gasteiger partial charge in [-0.1, -0.05) is 29.3 Å². The van der Waals surface area contributed by atoms with Gasteiger partial charge in [-0.15, -0.1) is 0 Å². The van der Waals surface area contributed by atoms with Gasteiger partial charge < -0.3 is 10.1 Å². The van der Waals surface area contributed by atoms with Crippen molar-refractivity contribution in [3.63, 3.8) is 0 Å². The van der Waals surface area contributed by atoms with Gasteiger partial charge in [-0.3, -0.25) is 9.78 Å². The molecule has 0 saturated heterocycles. The van der Waals surface area contributed by atoms with E-state index in [0.29, 0.717) is 32.8 Å². The molecular weight excluding hydrogens is 359 g/mol. The van der Waals surface area contributed by atoms with Gasteiger partial charge >= 0.3 is 0 Å². The van der Waals surface area contributed by atoms with Crippen LogP contribution in [0.5, 0.6) is 11.5 Å². The van der Waals surface area contributed by atoms with Gasteiger partial charge in [0, 0.05) is 33.1 Å². The van der Waals surface area contributed by atoms with Crippen LogP contribution in [0.3, 0.4) is 0 Å². The molecule has 2 aromatic carbocycles. The van der Waals surface area contributed by atoms with Crippen molar-refractivity contribution in [2.75, 3.05) is 5.32 Å². The highest BCUT2D eigenvalue weighted by Crippen LogP contribution is 2.28. The summed E-state index contributed by atoms with van der Waals surface area (Å²) < 4.78 is 5.74. The van der Waals surface area contributed by atoms with Crippen molar-refractivity contribution in [1.29, 1.82) is 0 Å². The molecule has 126 valence electrons. The number of anilines is 1. The minimum absolute atomic E-state index is 0.285. The molecule has 3 aromatic rings. The van der Waals surface area contributed by atoms with Gasteiger partial charge in [0.1, 0.15) is 11.5 Å². The van der Waals surface area contributed by atoms with E-state index in [0.717, 1.165) is 5.69 Å². The number of carbonyl (C=O) groups is 1. The fourth-order valence-electron chi connectivity index (χ4n) is 2.18. The first-order valence-corrected chi connectivity index (χ1v) is 8.23. The number of pyridine rings is 1. The molecule has 4 nitrogen and oxygen atoms in total. The highest BCUT2D eigenvalue weighted by atomic mass is 35.5. The maximum absolute atomic E-state index is 12.3. The quantitative estimate of drug-likeness (QED) is 0.634. The van der Waals surface area contributed by atoms with Crippen molar-refractivity contribution in [3.8, 4) is 11.5 Å². The Morgan fingerprint density at radius 3 is 2.56 bits per heavy atom. The van der Waals surface area contributed by atoms with Gasteiger partial charge in [0.05, 0.1) is 6.20 Å². The molecule has 6 heteroatoms. The van der Waals surface area contributed by atoms with Crippen molar-refractivity contribution >= 4 is 34.8 Å². The van der Waals surface area contributed by atoms with Crippen LogP contribution in [0.2, 0.25) is 10.0 Å². The number of aryl methyl sites for hydroxylation is 1. The van der Waals surface area contributed by atoms with E-state index >= 15 is 0 Å². The Labute approximate surface area is 155 Å². The Kier molecular flexibility index (Phi) is 5.22. The number of nitrogens with one attached hydrogen (secondary N) is 1. The van der Waals surface area contributed by atoms with Crippen LogP contribution in [0.25, 0.3) is 0 Å². The number of ether oxygens (including phenoxy) is 1. The van der Waals surface area contributed by atoms with Gasteiger partial charge in [-0.2, -0.15) is 0 Å². The Bertz CT molecular complexity index is 912. The molecule has 25 heavy (non-hydrogen) atoms. The van der Waals surface area contributed by atoms with Gasteiger partial charge in [0.2, 0.25) is 0 Å². The number of amides is 1. The Morgan fingerprint density at radius 2 is 1.84 bits per heavy atom. The van der Waals surface area contributed by atoms with Crippen LogP contribution in [0.4, 0.5) is 5.69 Å². The third-order valence-corrected chi connectivity index (χ3v) is 3.79. The second-order valence-electron chi connectivity index (χ2n) is 5.38. The minimum atomic E-state index is -0.285. The maximum atomic E-state index is 12.3. The summed E-state index contributed by atoms with van der Waals surface area (Å²) in [6.45, 7) is 1.90. The van der Waals surface area contributed by atoms with Crippen molar-refractivity contribution in [2.24, 2.45) is 0 Å². The van der Waals surface area contributed by atoms with Crippen LogP contribution in [0.1, 0.15) is 16.1 Å². The van der Waals surface area contributed by atoms with Crippen LogP contribution >= 0.6 is 23.2 Å². The van der Waals surface area contributed by atoms with Crippen molar-refractivity contribution in [2.45, 2.75) is 6.92 Å². The van der Waals surface area contributed by atoms with Gasteiger partial charge in [-0.25, -0.2) is 0 Å². The lowest BCUT2D eigenvalue weighted by Gasteiger charge is -2.10. The zero-order valence-electron chi connectivity index (χ0n) is 13.3. The predicted octanol–water partition coefficient (Wildman–Crippen LogP) is 5.74. The summed E-state index contributed by atoms with van der Waals surface area (Å²) >= 11 is 12.0. The first-order chi connectivity index (χ1) is 12.0. The standard InChI is InChI=1S/C19H14Cl2N2O2/c1-12-5-6-17(11-22-12)25-18-9-15(21)8-16(10-18)23-19(24)13-3-2-4-14(20)7-13/h2-11H,1H3,(H,23,24). The van der Waals surface area contributed by atoms with Crippen LogP contribution in [0.15, 0.2) is 60.8 Å². The van der Waals surface area contributed by atoms with Crippen molar-refractivity contribution < 1.29 is 9.53 Å². The molecule has 0 atom stereocenters. The number of carbonyl (C=O) groups excluding carboxylic acids is 1. The SMILES string of the molecule is Cc1ccc(Oc2cc(Cl)cc(NC(=O)c3cccc(Cl)c3)c2)cn1. The van der Waals surface area contributed by atoms with Crippen LogP contribution in [-0.4, -0.2) is 10.9 Å². The summed E-state index contributed by atoms with van der Waals surface area (Å²) in [5, 5.41) is 3.72. The molecule has 0 aliphatic carbocycles. The van der Waals surface area contributed by atoms with E-state index in [1.54, 1.807) is 48.7 Å². The van der Waals surface area contributed by atoms with Gasteiger partial charge in [0.25, 0.3) is 5.91 Å². The fraction of sp³-hybridized carbons (Fsp3) is 0.0526. The van der Waals surface area contributed by atoms with E-state index in [1.165, 1.54) is 0 Å². The fourth-order valence-corrected chi connectivity index (χ4v) is 2.59. The van der Waals surface area contributed by atoms with Gasteiger partial charge in [0.15, 0.2) is 0 Å². The van der Waals surface area contributed by atoms with Crippen molar-refractivity contribution in [3.05, 3.63) is 82.1 Å². The number of halogens is 2. The average Bonchev–Trinajstić information content (AvgIpc) is 2.56. The van der Waals surface area contributed by atoms with Crippen LogP contribution < -0.4 is 10.1 Å². The molecule has 0 bridgehead atoms. The molecule has 1 heterocycles. The zero-order chi connectivity index (χ0) is 17.8. The van der Waals surface area contributed by atoms with E-state index in [2.05, 4.69) is 10.3 Å². The van der Waals surface area contributed by atoms with E-state index in [1.807, 2.05) is 19.1 Å². The summed E-state index contributed by atoms with van der Waals surface area (Å²) in [4.78, 5) is 16.5. The highest BCUT2D eigenvalue weighted by Gasteiger charge is 2.09. The largest absolute Gasteiger partial charge is 0.456 e. The zero-order valence-corrected chi connectivity index (χ0v) is 14.8. The maximum Gasteiger partial charge on any atom is 0.255 e. The Morgan fingerprint density at radius 1 is 1.00 bits per heavy atom. The highest BCUT2D eigenvalue weighted by molar-refractivity contribution is 6.31. The van der Waals surface area contributed by atoms with Gasteiger partial charge in [-0.05, 0) is 49.4 Å². The molecule has 0 unspecified atom stereocenters. The summed E-state index contributed by atoms with van der Waals surface area (Å²) in [6.07, 6.45) is 1.63. The van der Waals surface area contributed by atoms with E-state index in [9.17, 15) is 4.79 Å². The topological polar surface area (TPSA) is 51.2 Å². The summed E-state index contributed by atoms with van der Waals surface area (Å²) in [5.41, 5.74) is 1.87. The third-order valence-electron chi connectivity index (χ3n) is 3.34. The summed E-state index contributed by atoms with van der Waals surface area (Å²) in [5.74, 6) is 0.798. The average molecular weight is 373 g/mol. The second kappa shape index (κ2) is 7.55. The molecule has 0 saturated carbocycles. The Hall–Kier alpha value is -2.56. The second-order valence-corrected chi connectivity index (χ2v) is 6.25. The molecule has 1 aromatic heterocycles. The number of hydrogen-bond donors (Lipinski definition) is 1. The molecular formula is C19H14Cl2N2O2. The molecule has 0 aliphatic heterocycles. The predicted molar refractivity (Wildman–Crippen MR) is 99.9 cm³/mol. The lowest BCUT2D eigenvalue weighted by atomic mass is 10.2. The number of nitrogens with zero attached hydrogens (tertiary/aromatic N) is 1. The Balaban J connectivity index is 1.79. The smallest absolute Gasteiger partial charge is 0.255 e. The van der Waals surface area contributed by atoms with Crippen LogP contribution in [-0.2, 0) is 0 Å². The van der Waals surface area contributed by atoms with Crippen LogP contribution in [0, 0.1) is 6.92 Å². The first kappa shape index (κ1) is 17.3. The molecule has 0 radical (unpaired) electrons. The number of benzene rings is 2. The number of hydrogen-bond acceptors (Lipinski definition) is 3. The molecule has 0 aliphatic rings. The summed E-state index contributed by atoms with van der Waals surface area (Å²) in [6, 6.07) is 15.4. The first-order valence-electron chi connectivity index (χ1n) is 7.47. The van der Waals surface area contributed by atoms with E-state index < -0.39 is 0 Å². The molecule has 1 amide bonds. The molecule has 3 rings (SSSR count). The molecule has 0 spiro atoms. The van der Waals surface area contributed by atoms with Crippen molar-refractivity contribution in [1.82, 2.24) is 4.98 Å². The molecule has 1 N–H and O–H groups in total. The molecule has 0 fully saturated rings. The van der Waals surface area contributed by atoms with E-state index in [4.69, 9.17) is 27.9 Å². The number of rotatable bonds is 4. The normalized spacial score (nSPS) is 10.4.